The Kier molecular flexibility index (Phi) is 5.19. The number of esters is 1. The van der Waals surface area contributed by atoms with Gasteiger partial charge in [0.1, 0.15) is 5.92 Å². The van der Waals surface area contributed by atoms with Crippen molar-refractivity contribution in [2.45, 2.75) is 5.92 Å². The Balaban J connectivity index is 1.97. The van der Waals surface area contributed by atoms with Crippen molar-refractivity contribution in [1.82, 2.24) is 0 Å². The average Bonchev–Trinajstić information content (AvgIpc) is 2.60. The first-order valence-corrected chi connectivity index (χ1v) is 8.17. The lowest BCUT2D eigenvalue weighted by molar-refractivity contribution is -0.135. The van der Waals surface area contributed by atoms with Crippen LogP contribution in [-0.2, 0) is 4.79 Å². The van der Waals surface area contributed by atoms with Gasteiger partial charge in [0.05, 0.1) is 5.02 Å². The zero-order chi connectivity index (χ0) is 16.9. The fourth-order valence-corrected chi connectivity index (χ4v) is 2.80. The van der Waals surface area contributed by atoms with Crippen molar-refractivity contribution in [3.8, 4) is 5.75 Å². The SMILES string of the molecule is O=C(Oc1cc(Cl)ccc1Cl)C(c1ccccc1)c1ccccc1. The monoisotopic (exact) mass is 356 g/mol. The average molecular weight is 357 g/mol. The molecule has 0 aliphatic heterocycles. The second-order valence-electron chi connectivity index (χ2n) is 5.25. The molecule has 0 N–H and O–H groups in total. The number of hydrogen-bond donors (Lipinski definition) is 0. The summed E-state index contributed by atoms with van der Waals surface area (Å²) in [6.07, 6.45) is 0. The van der Waals surface area contributed by atoms with Crippen molar-refractivity contribution in [3.05, 3.63) is 100 Å². The molecule has 3 aromatic rings. The van der Waals surface area contributed by atoms with E-state index in [0.717, 1.165) is 11.1 Å². The van der Waals surface area contributed by atoms with Crippen molar-refractivity contribution in [3.63, 3.8) is 0 Å². The molecule has 0 aliphatic carbocycles. The maximum atomic E-state index is 12.9. The van der Waals surface area contributed by atoms with Crippen LogP contribution in [0.4, 0.5) is 0 Å². The lowest BCUT2D eigenvalue weighted by Crippen LogP contribution is -2.20. The number of halogens is 2. The minimum Gasteiger partial charge on any atom is -0.424 e. The summed E-state index contributed by atoms with van der Waals surface area (Å²) in [5, 5.41) is 0.797. The lowest BCUT2D eigenvalue weighted by atomic mass is 9.91. The molecule has 3 aromatic carbocycles. The predicted octanol–water partition coefficient (Wildman–Crippen LogP) is 5.73. The molecule has 0 radical (unpaired) electrons. The molecule has 24 heavy (non-hydrogen) atoms. The van der Waals surface area contributed by atoms with E-state index in [1.165, 1.54) is 6.07 Å². The van der Waals surface area contributed by atoms with Gasteiger partial charge in [0, 0.05) is 11.1 Å². The molecule has 4 heteroatoms. The number of carbonyl (C=O) groups excluding carboxylic acids is 1. The lowest BCUT2D eigenvalue weighted by Gasteiger charge is -2.17. The van der Waals surface area contributed by atoms with Crippen LogP contribution in [0.1, 0.15) is 17.0 Å². The van der Waals surface area contributed by atoms with E-state index in [1.807, 2.05) is 60.7 Å². The molecule has 0 spiro atoms. The van der Waals surface area contributed by atoms with E-state index in [0.29, 0.717) is 10.0 Å². The van der Waals surface area contributed by atoms with Crippen molar-refractivity contribution in [2.75, 3.05) is 0 Å². The van der Waals surface area contributed by atoms with Gasteiger partial charge in [-0.25, -0.2) is 0 Å². The molecule has 0 heterocycles. The van der Waals surface area contributed by atoms with Gasteiger partial charge in [-0.15, -0.1) is 0 Å². The second-order valence-corrected chi connectivity index (χ2v) is 6.09. The fourth-order valence-electron chi connectivity index (χ4n) is 2.48. The first kappa shape index (κ1) is 16.6. The van der Waals surface area contributed by atoms with Crippen LogP contribution >= 0.6 is 23.2 Å². The topological polar surface area (TPSA) is 26.3 Å². The molecular weight excluding hydrogens is 343 g/mol. The van der Waals surface area contributed by atoms with E-state index in [-0.39, 0.29) is 5.75 Å². The number of benzene rings is 3. The highest BCUT2D eigenvalue weighted by Crippen LogP contribution is 2.31. The standard InChI is InChI=1S/C20H14Cl2O2/c21-16-11-12-17(22)18(13-16)24-20(23)19(14-7-3-1-4-8-14)15-9-5-2-6-10-15/h1-13,19H. The molecule has 0 saturated carbocycles. The molecule has 0 saturated heterocycles. The zero-order valence-corrected chi connectivity index (χ0v) is 14.2. The van der Waals surface area contributed by atoms with Gasteiger partial charge in [-0.2, -0.15) is 0 Å². The molecule has 0 unspecified atom stereocenters. The van der Waals surface area contributed by atoms with E-state index < -0.39 is 11.9 Å². The maximum absolute atomic E-state index is 12.9. The predicted molar refractivity (Wildman–Crippen MR) is 96.8 cm³/mol. The van der Waals surface area contributed by atoms with Crippen LogP contribution in [0.2, 0.25) is 10.0 Å². The zero-order valence-electron chi connectivity index (χ0n) is 12.7. The molecular formula is C20H14Cl2O2. The maximum Gasteiger partial charge on any atom is 0.323 e. The third-order valence-electron chi connectivity index (χ3n) is 3.61. The molecule has 0 atom stereocenters. The molecule has 2 nitrogen and oxygen atoms in total. The summed E-state index contributed by atoms with van der Waals surface area (Å²) in [5.41, 5.74) is 1.71. The highest BCUT2D eigenvalue weighted by Gasteiger charge is 2.25. The number of rotatable bonds is 4. The Morgan fingerprint density at radius 1 is 0.792 bits per heavy atom. The number of ether oxygens (including phenoxy) is 1. The van der Waals surface area contributed by atoms with Gasteiger partial charge in [-0.1, -0.05) is 83.9 Å². The third-order valence-corrected chi connectivity index (χ3v) is 4.15. The summed E-state index contributed by atoms with van der Waals surface area (Å²) < 4.78 is 5.54. The van der Waals surface area contributed by atoms with E-state index in [1.54, 1.807) is 12.1 Å². The quantitative estimate of drug-likeness (QED) is 0.440. The second kappa shape index (κ2) is 7.52. The molecule has 0 bridgehead atoms. The molecule has 0 amide bonds. The summed E-state index contributed by atoms with van der Waals surface area (Å²) in [5.74, 6) is -0.690. The normalized spacial score (nSPS) is 10.6. The first-order valence-electron chi connectivity index (χ1n) is 7.42. The summed E-state index contributed by atoms with van der Waals surface area (Å²) in [4.78, 5) is 12.9. The molecule has 120 valence electrons. The Labute approximate surface area is 150 Å². The minimum absolute atomic E-state index is 0.256. The summed E-state index contributed by atoms with van der Waals surface area (Å²) >= 11 is 12.1. The summed E-state index contributed by atoms with van der Waals surface area (Å²) in [6, 6.07) is 23.8. The van der Waals surface area contributed by atoms with Crippen LogP contribution < -0.4 is 4.74 Å². The minimum atomic E-state index is -0.539. The Hall–Kier alpha value is -2.29. The van der Waals surface area contributed by atoms with Crippen LogP contribution in [0, 0.1) is 0 Å². The van der Waals surface area contributed by atoms with Gasteiger partial charge in [0.25, 0.3) is 0 Å². The highest BCUT2D eigenvalue weighted by atomic mass is 35.5. The first-order chi connectivity index (χ1) is 11.6. The van der Waals surface area contributed by atoms with Gasteiger partial charge < -0.3 is 4.74 Å². The van der Waals surface area contributed by atoms with Gasteiger partial charge in [-0.3, -0.25) is 4.79 Å². The molecule has 0 aromatic heterocycles. The van der Waals surface area contributed by atoms with E-state index in [9.17, 15) is 4.79 Å². The van der Waals surface area contributed by atoms with Gasteiger partial charge in [0.2, 0.25) is 0 Å². The number of carbonyl (C=O) groups is 1. The Bertz CT molecular complexity index is 793. The van der Waals surface area contributed by atoms with Crippen LogP contribution in [0.25, 0.3) is 0 Å². The van der Waals surface area contributed by atoms with E-state index in [4.69, 9.17) is 27.9 Å². The Morgan fingerprint density at radius 3 is 1.88 bits per heavy atom. The molecule has 3 rings (SSSR count). The molecule has 0 fully saturated rings. The number of hydrogen-bond acceptors (Lipinski definition) is 2. The van der Waals surface area contributed by atoms with Gasteiger partial charge >= 0.3 is 5.97 Å². The van der Waals surface area contributed by atoms with Crippen LogP contribution in [0.5, 0.6) is 5.75 Å². The highest BCUT2D eigenvalue weighted by molar-refractivity contribution is 6.34. The van der Waals surface area contributed by atoms with Crippen molar-refractivity contribution in [2.24, 2.45) is 0 Å². The molecule has 0 aliphatic rings. The van der Waals surface area contributed by atoms with E-state index in [2.05, 4.69) is 0 Å². The third kappa shape index (κ3) is 3.78. The van der Waals surface area contributed by atoms with Crippen molar-refractivity contribution < 1.29 is 9.53 Å². The van der Waals surface area contributed by atoms with Gasteiger partial charge in [-0.05, 0) is 23.3 Å². The largest absolute Gasteiger partial charge is 0.424 e. The summed E-state index contributed by atoms with van der Waals surface area (Å²) in [6.45, 7) is 0. The van der Waals surface area contributed by atoms with Crippen LogP contribution in [-0.4, -0.2) is 5.97 Å². The Morgan fingerprint density at radius 2 is 1.33 bits per heavy atom. The smallest absolute Gasteiger partial charge is 0.323 e. The summed E-state index contributed by atoms with van der Waals surface area (Å²) in [7, 11) is 0. The van der Waals surface area contributed by atoms with Crippen molar-refractivity contribution in [1.29, 1.82) is 0 Å². The van der Waals surface area contributed by atoms with Crippen LogP contribution in [0.15, 0.2) is 78.9 Å². The van der Waals surface area contributed by atoms with E-state index >= 15 is 0 Å². The van der Waals surface area contributed by atoms with Crippen LogP contribution in [0.3, 0.4) is 0 Å². The fraction of sp³-hybridized carbons (Fsp3) is 0.0500. The van der Waals surface area contributed by atoms with Gasteiger partial charge in [0.15, 0.2) is 5.75 Å². The van der Waals surface area contributed by atoms with Crippen molar-refractivity contribution >= 4 is 29.2 Å².